The van der Waals surface area contributed by atoms with Crippen LogP contribution in [-0.4, -0.2) is 80.8 Å². The molecule has 418 valence electrons. The van der Waals surface area contributed by atoms with Crippen LogP contribution in [0.25, 0.3) is 43.6 Å². The van der Waals surface area contributed by atoms with E-state index >= 15 is 0 Å². The number of nitrogens with zero attached hydrogens (tertiary/aromatic N) is 10. The van der Waals surface area contributed by atoms with Crippen molar-refractivity contribution >= 4 is 93.1 Å². The van der Waals surface area contributed by atoms with E-state index in [1.165, 1.54) is 11.1 Å². The minimum absolute atomic E-state index is 0. The molecule has 0 aliphatic rings. The summed E-state index contributed by atoms with van der Waals surface area (Å²) in [7, 11) is -0.939. The summed E-state index contributed by atoms with van der Waals surface area (Å²) >= 11 is 15.0. The van der Waals surface area contributed by atoms with E-state index in [2.05, 4.69) is 98.5 Å². The van der Waals surface area contributed by atoms with E-state index in [9.17, 15) is 18.9 Å². The van der Waals surface area contributed by atoms with E-state index in [-0.39, 0.29) is 31.6 Å². The third-order valence-corrected chi connectivity index (χ3v) is 14.6. The fourth-order valence-electron chi connectivity index (χ4n) is 8.64. The van der Waals surface area contributed by atoms with Crippen molar-refractivity contribution in [1.29, 1.82) is 21.0 Å². The number of nitriles is 3. The Morgan fingerprint density at radius 3 is 1.45 bits per heavy atom. The van der Waals surface area contributed by atoms with Crippen LogP contribution in [0.3, 0.4) is 0 Å². The third kappa shape index (κ3) is 17.9. The van der Waals surface area contributed by atoms with Gasteiger partial charge in [0.1, 0.15) is 6.10 Å². The van der Waals surface area contributed by atoms with Crippen molar-refractivity contribution < 1.29 is 36.3 Å². The number of benzene rings is 7. The Hall–Kier alpha value is -8.11. The van der Waals surface area contributed by atoms with Gasteiger partial charge in [-0.1, -0.05) is 131 Å². The van der Waals surface area contributed by atoms with Crippen LogP contribution in [-0.2, 0) is 38.2 Å². The van der Waals surface area contributed by atoms with Crippen molar-refractivity contribution in [1.82, 2.24) is 45.3 Å². The number of hydrogen-bond donors (Lipinski definition) is 3. The summed E-state index contributed by atoms with van der Waals surface area (Å²) in [6.45, 7) is 5.65. The van der Waals surface area contributed by atoms with Crippen molar-refractivity contribution in [3.8, 4) is 18.2 Å². The second-order valence-electron chi connectivity index (χ2n) is 17.5. The fraction of sp³-hybridized carbons (Fsp3) is 0.180. The largest absolute Gasteiger partial charge is 0.512 e. The standard InChI is InChI=1S/C18H18N4.C17H14ClN3.C10H13ClO4S.C8H5N3.C7H5BrN2.CN.Zn/c1-20-11-10-17(14-6-3-2-4-7-14)22-18-9-5-8-15(12-19)16(18)13-21-22;18-10-9-16(13-5-2-1-3-6-13)21-17-8-4-7-14(11-19)15(17)12-20-21;1-14-16(12,13)15-10(7-8-11)9-5-3-2-4-6-9;9-4-6-2-1-3-8-7(6)5-10-11-8;8-6-2-1-3-7-5(6)4-9-10-7;1-2;/h2-9,13,17,20H,10-11H2,1H3;1-8,12,16H,9-10H2;2-6,10H,7-8H2,1H3;1-3,5H,(H,10,11);1-4H,(H,9,10);;/q;;;;;-1;. The molecule has 0 saturated carbocycles. The van der Waals surface area contributed by atoms with Gasteiger partial charge in [-0.25, -0.2) is 4.18 Å². The molecule has 0 amide bonds. The molecule has 7 aromatic carbocycles. The summed E-state index contributed by atoms with van der Waals surface area (Å²) in [6.07, 6.45) is 8.54. The van der Waals surface area contributed by atoms with Crippen LogP contribution in [0, 0.1) is 45.8 Å². The first-order chi connectivity index (χ1) is 40.1. The number of rotatable bonds is 15. The van der Waals surface area contributed by atoms with Crippen LogP contribution >= 0.6 is 39.1 Å². The molecule has 0 aliphatic heterocycles. The van der Waals surface area contributed by atoms with Gasteiger partial charge in [0.2, 0.25) is 0 Å². The zero-order valence-electron chi connectivity index (χ0n) is 45.2. The zero-order chi connectivity index (χ0) is 58.7. The van der Waals surface area contributed by atoms with Gasteiger partial charge in [0.25, 0.3) is 0 Å². The quantitative estimate of drug-likeness (QED) is 0.0491. The SMILES string of the molecule is Brc1cccc2[nH]ncc12.CNCCC(c1ccccc1)n1ncc2c(C#N)cccc21.COS(=O)(=O)OC(CCCl)c1ccccc1.N#Cc1cccc2[nH]ncc12.N#Cc1cccc2c1cnn2C(CCCl)c1ccccc1.[C-]#N.[Zn]. The van der Waals surface area contributed by atoms with Crippen molar-refractivity contribution in [2.45, 2.75) is 37.5 Å². The van der Waals surface area contributed by atoms with E-state index < -0.39 is 16.5 Å². The van der Waals surface area contributed by atoms with E-state index in [0.717, 1.165) is 80.1 Å². The van der Waals surface area contributed by atoms with Gasteiger partial charge in [-0.2, -0.15) is 44.6 Å². The molecule has 3 unspecified atom stereocenters. The van der Waals surface area contributed by atoms with Gasteiger partial charge < -0.3 is 17.2 Å². The molecule has 3 atom stereocenters. The molecule has 4 aromatic heterocycles. The minimum Gasteiger partial charge on any atom is -0.512 e. The molecular formula is C61H55BrCl2N13O4SZn-. The Morgan fingerprint density at radius 1 is 0.578 bits per heavy atom. The molecule has 83 heavy (non-hydrogen) atoms. The second kappa shape index (κ2) is 34.4. The summed E-state index contributed by atoms with van der Waals surface area (Å²) in [6, 6.07) is 59.3. The van der Waals surface area contributed by atoms with Crippen LogP contribution < -0.4 is 5.32 Å². The first-order valence-corrected chi connectivity index (χ1v) is 28.5. The van der Waals surface area contributed by atoms with Crippen LogP contribution in [0.4, 0.5) is 0 Å². The van der Waals surface area contributed by atoms with Crippen LogP contribution in [0.15, 0.2) is 193 Å². The summed E-state index contributed by atoms with van der Waals surface area (Å²) in [5.41, 5.74) is 9.08. The van der Waals surface area contributed by atoms with Crippen LogP contribution in [0.1, 0.15) is 70.8 Å². The number of nitrogens with one attached hydrogen (secondary N) is 3. The molecule has 0 saturated heterocycles. The minimum atomic E-state index is -3.95. The number of aromatic nitrogens is 8. The van der Waals surface area contributed by atoms with Crippen molar-refractivity contribution in [3.63, 3.8) is 0 Å². The number of halogens is 3. The smallest absolute Gasteiger partial charge is 0.400 e. The molecule has 0 spiro atoms. The van der Waals surface area contributed by atoms with E-state index in [0.29, 0.717) is 34.9 Å². The monoisotopic (exact) mass is 1280 g/mol. The summed E-state index contributed by atoms with van der Waals surface area (Å²) < 4.78 is 36.5. The predicted octanol–water partition coefficient (Wildman–Crippen LogP) is 13.4. The average Bonchev–Trinajstić information content (AvgIpc) is 4.42. The first-order valence-electron chi connectivity index (χ1n) is 25.3. The van der Waals surface area contributed by atoms with Gasteiger partial charge in [-0.05, 0) is 98.1 Å². The molecule has 0 bridgehead atoms. The van der Waals surface area contributed by atoms with Crippen molar-refractivity contribution in [2.24, 2.45) is 0 Å². The molecule has 0 radical (unpaired) electrons. The normalized spacial score (nSPS) is 11.5. The Morgan fingerprint density at radius 2 is 1.00 bits per heavy atom. The maximum atomic E-state index is 11.2. The topological polar surface area (TPSA) is 253 Å². The number of aromatic amines is 2. The fourth-order valence-corrected chi connectivity index (χ4v) is 10.1. The van der Waals surface area contributed by atoms with Gasteiger partial charge in [0.15, 0.2) is 0 Å². The van der Waals surface area contributed by atoms with Crippen LogP contribution in [0.5, 0.6) is 0 Å². The Kier molecular flexibility index (Phi) is 27.2. The molecule has 3 N–H and O–H groups in total. The van der Waals surface area contributed by atoms with Gasteiger partial charge >= 0.3 is 10.4 Å². The summed E-state index contributed by atoms with van der Waals surface area (Å²) in [5.74, 6) is 0.859. The van der Waals surface area contributed by atoms with Crippen molar-refractivity contribution in [2.75, 3.05) is 32.5 Å². The van der Waals surface area contributed by atoms with E-state index in [4.69, 9.17) is 44.5 Å². The average molecular weight is 1280 g/mol. The number of H-pyrrole nitrogens is 2. The summed E-state index contributed by atoms with van der Waals surface area (Å²) in [4.78, 5) is 0. The Balaban J connectivity index is 0.000000193. The first kappa shape index (κ1) is 65.7. The Labute approximate surface area is 513 Å². The molecule has 4 heterocycles. The molecule has 11 aromatic rings. The number of hydrogen-bond acceptors (Lipinski definition) is 13. The number of fused-ring (bicyclic) bond motifs is 4. The predicted molar refractivity (Wildman–Crippen MR) is 323 cm³/mol. The second-order valence-corrected chi connectivity index (χ2v) is 20.4. The maximum Gasteiger partial charge on any atom is 0.400 e. The summed E-state index contributed by atoms with van der Waals surface area (Å²) in [5, 5.41) is 62.9. The van der Waals surface area contributed by atoms with Gasteiger partial charge in [0, 0.05) is 57.3 Å². The van der Waals surface area contributed by atoms with Gasteiger partial charge in [-0.15, -0.1) is 23.2 Å². The number of alkyl halides is 2. The molecule has 17 nitrogen and oxygen atoms in total. The molecule has 22 heteroatoms. The van der Waals surface area contributed by atoms with Gasteiger partial charge in [0.05, 0.1) is 101 Å². The van der Waals surface area contributed by atoms with Crippen molar-refractivity contribution in [3.05, 3.63) is 233 Å². The molecular weight excluding hydrogens is 1230 g/mol. The molecule has 0 aliphatic carbocycles. The van der Waals surface area contributed by atoms with E-state index in [1.807, 2.05) is 126 Å². The van der Waals surface area contributed by atoms with Gasteiger partial charge in [-0.3, -0.25) is 23.7 Å². The zero-order valence-corrected chi connectivity index (χ0v) is 52.1. The third-order valence-electron chi connectivity index (χ3n) is 12.6. The van der Waals surface area contributed by atoms with Crippen LogP contribution in [0.2, 0.25) is 0 Å². The molecule has 11 rings (SSSR count). The molecule has 0 fully saturated rings. The van der Waals surface area contributed by atoms with E-state index in [1.54, 1.807) is 55.1 Å². The maximum absolute atomic E-state index is 11.2. The Bertz CT molecular complexity index is 4010.